The van der Waals surface area contributed by atoms with Gasteiger partial charge in [-0.3, -0.25) is 4.79 Å². The number of hydrogen-bond donors (Lipinski definition) is 0. The number of Topliss-reactive ketones (excluding diaryl/α,β-unsaturated/α-hetero) is 1. The lowest BCUT2D eigenvalue weighted by molar-refractivity contribution is 0.0994. The minimum atomic E-state index is 0.292. The Labute approximate surface area is 120 Å². The maximum Gasteiger partial charge on any atom is 0.163 e. The SMILES string of the molecule is CC(C)Cc1cccc(-c2cccc3c2CCC3=O)c1. The fourth-order valence-corrected chi connectivity index (χ4v) is 3.10. The van der Waals surface area contributed by atoms with Gasteiger partial charge < -0.3 is 0 Å². The van der Waals surface area contributed by atoms with E-state index in [-0.39, 0.29) is 0 Å². The van der Waals surface area contributed by atoms with Crippen molar-refractivity contribution < 1.29 is 4.79 Å². The standard InChI is InChI=1S/C19H20O/c1-13(2)11-14-5-3-6-15(12-14)16-7-4-8-18-17(16)9-10-19(18)20/h3-8,12-13H,9-11H2,1-2H3. The number of fused-ring (bicyclic) bond motifs is 1. The van der Waals surface area contributed by atoms with E-state index in [0.29, 0.717) is 18.1 Å². The molecule has 1 nitrogen and oxygen atoms in total. The zero-order chi connectivity index (χ0) is 14.1. The van der Waals surface area contributed by atoms with E-state index in [1.54, 1.807) is 0 Å². The van der Waals surface area contributed by atoms with Gasteiger partial charge in [0.2, 0.25) is 0 Å². The quantitative estimate of drug-likeness (QED) is 0.786. The van der Waals surface area contributed by atoms with Crippen LogP contribution in [0, 0.1) is 5.92 Å². The third kappa shape index (κ3) is 2.40. The van der Waals surface area contributed by atoms with Crippen molar-refractivity contribution in [3.05, 3.63) is 59.2 Å². The van der Waals surface area contributed by atoms with E-state index in [1.165, 1.54) is 22.3 Å². The average Bonchev–Trinajstić information content (AvgIpc) is 2.80. The second-order valence-electron chi connectivity index (χ2n) is 6.05. The molecule has 0 radical (unpaired) electrons. The van der Waals surface area contributed by atoms with E-state index in [9.17, 15) is 4.79 Å². The molecule has 1 heteroatoms. The third-order valence-electron chi connectivity index (χ3n) is 3.96. The summed E-state index contributed by atoms with van der Waals surface area (Å²) < 4.78 is 0. The Kier molecular flexibility index (Phi) is 3.43. The van der Waals surface area contributed by atoms with Crippen molar-refractivity contribution in [2.45, 2.75) is 33.1 Å². The summed E-state index contributed by atoms with van der Waals surface area (Å²) in [4.78, 5) is 11.9. The number of benzene rings is 2. The monoisotopic (exact) mass is 264 g/mol. The van der Waals surface area contributed by atoms with Crippen molar-refractivity contribution in [3.63, 3.8) is 0 Å². The van der Waals surface area contributed by atoms with Gasteiger partial charge in [-0.05, 0) is 41.0 Å². The van der Waals surface area contributed by atoms with Crippen molar-refractivity contribution in [1.29, 1.82) is 0 Å². The summed E-state index contributed by atoms with van der Waals surface area (Å²) in [5, 5.41) is 0. The minimum absolute atomic E-state index is 0.292. The summed E-state index contributed by atoms with van der Waals surface area (Å²) in [5.74, 6) is 0.952. The Balaban J connectivity index is 2.04. The first-order chi connectivity index (χ1) is 9.65. The van der Waals surface area contributed by atoms with Crippen LogP contribution in [0.15, 0.2) is 42.5 Å². The van der Waals surface area contributed by atoms with Crippen molar-refractivity contribution >= 4 is 5.78 Å². The molecule has 1 aliphatic carbocycles. The largest absolute Gasteiger partial charge is 0.294 e. The lowest BCUT2D eigenvalue weighted by Crippen LogP contribution is -1.95. The predicted molar refractivity (Wildman–Crippen MR) is 83.1 cm³/mol. The van der Waals surface area contributed by atoms with E-state index in [4.69, 9.17) is 0 Å². The van der Waals surface area contributed by atoms with Crippen LogP contribution in [0.5, 0.6) is 0 Å². The molecule has 0 heterocycles. The van der Waals surface area contributed by atoms with Gasteiger partial charge in [0.25, 0.3) is 0 Å². The third-order valence-corrected chi connectivity index (χ3v) is 3.96. The zero-order valence-electron chi connectivity index (χ0n) is 12.1. The maximum atomic E-state index is 11.9. The summed E-state index contributed by atoms with van der Waals surface area (Å²) in [6.45, 7) is 4.48. The first-order valence-electron chi connectivity index (χ1n) is 7.39. The van der Waals surface area contributed by atoms with Crippen LogP contribution in [0.2, 0.25) is 0 Å². The van der Waals surface area contributed by atoms with Crippen LogP contribution < -0.4 is 0 Å². The fraction of sp³-hybridized carbons (Fsp3) is 0.316. The lowest BCUT2D eigenvalue weighted by Gasteiger charge is -2.11. The van der Waals surface area contributed by atoms with Gasteiger partial charge >= 0.3 is 0 Å². The van der Waals surface area contributed by atoms with Crippen LogP contribution in [-0.2, 0) is 12.8 Å². The number of rotatable bonds is 3. The Bertz CT molecular complexity index is 653. The molecule has 0 fully saturated rings. The van der Waals surface area contributed by atoms with E-state index < -0.39 is 0 Å². The van der Waals surface area contributed by atoms with Crippen molar-refractivity contribution in [2.24, 2.45) is 5.92 Å². The van der Waals surface area contributed by atoms with Crippen molar-refractivity contribution in [3.8, 4) is 11.1 Å². The van der Waals surface area contributed by atoms with Crippen LogP contribution in [0.25, 0.3) is 11.1 Å². The van der Waals surface area contributed by atoms with Gasteiger partial charge in [0.15, 0.2) is 5.78 Å². The minimum Gasteiger partial charge on any atom is -0.294 e. The van der Waals surface area contributed by atoms with Gasteiger partial charge in [-0.15, -0.1) is 0 Å². The first-order valence-corrected chi connectivity index (χ1v) is 7.39. The molecule has 0 aliphatic heterocycles. The summed E-state index contributed by atoms with van der Waals surface area (Å²) in [6, 6.07) is 14.9. The number of hydrogen-bond acceptors (Lipinski definition) is 1. The molecule has 0 amide bonds. The predicted octanol–water partition coefficient (Wildman–Crippen LogP) is 4.68. The molecule has 0 saturated carbocycles. The van der Waals surface area contributed by atoms with Crippen LogP contribution in [-0.4, -0.2) is 5.78 Å². The van der Waals surface area contributed by atoms with Gasteiger partial charge in [0.1, 0.15) is 0 Å². The normalized spacial score (nSPS) is 13.8. The molecule has 102 valence electrons. The molecule has 0 N–H and O–H groups in total. The lowest BCUT2D eigenvalue weighted by atomic mass is 9.94. The number of ketones is 1. The zero-order valence-corrected chi connectivity index (χ0v) is 12.1. The molecule has 0 aromatic heterocycles. The smallest absolute Gasteiger partial charge is 0.163 e. The molecule has 3 rings (SSSR count). The van der Waals surface area contributed by atoms with Gasteiger partial charge in [0.05, 0.1) is 0 Å². The Morgan fingerprint density at radius 3 is 2.55 bits per heavy atom. The first kappa shape index (κ1) is 13.1. The van der Waals surface area contributed by atoms with E-state index in [0.717, 1.165) is 18.4 Å². The van der Waals surface area contributed by atoms with E-state index >= 15 is 0 Å². The average molecular weight is 264 g/mol. The molecule has 0 spiro atoms. The van der Waals surface area contributed by atoms with E-state index in [2.05, 4.69) is 44.2 Å². The maximum absolute atomic E-state index is 11.9. The van der Waals surface area contributed by atoms with Gasteiger partial charge in [0, 0.05) is 12.0 Å². The highest BCUT2D eigenvalue weighted by Gasteiger charge is 2.22. The highest BCUT2D eigenvalue weighted by Crippen LogP contribution is 2.32. The number of carbonyl (C=O) groups excluding carboxylic acids is 1. The van der Waals surface area contributed by atoms with Gasteiger partial charge in [-0.1, -0.05) is 56.3 Å². The van der Waals surface area contributed by atoms with Gasteiger partial charge in [-0.25, -0.2) is 0 Å². The molecular weight excluding hydrogens is 244 g/mol. The molecule has 0 unspecified atom stereocenters. The molecule has 0 bridgehead atoms. The molecule has 0 atom stereocenters. The van der Waals surface area contributed by atoms with E-state index in [1.807, 2.05) is 12.1 Å². The summed E-state index contributed by atoms with van der Waals surface area (Å²) >= 11 is 0. The Hall–Kier alpha value is -1.89. The summed E-state index contributed by atoms with van der Waals surface area (Å²) in [7, 11) is 0. The molecule has 2 aromatic carbocycles. The molecule has 1 aliphatic rings. The topological polar surface area (TPSA) is 17.1 Å². The molecular formula is C19H20O. The number of carbonyl (C=O) groups is 1. The van der Waals surface area contributed by atoms with Crippen LogP contribution in [0.1, 0.15) is 41.8 Å². The van der Waals surface area contributed by atoms with Gasteiger partial charge in [-0.2, -0.15) is 0 Å². The van der Waals surface area contributed by atoms with Crippen LogP contribution in [0.4, 0.5) is 0 Å². The summed E-state index contributed by atoms with van der Waals surface area (Å²) in [6.07, 6.45) is 2.65. The fourth-order valence-electron chi connectivity index (χ4n) is 3.10. The van der Waals surface area contributed by atoms with Crippen molar-refractivity contribution in [1.82, 2.24) is 0 Å². The Morgan fingerprint density at radius 2 is 1.75 bits per heavy atom. The molecule has 20 heavy (non-hydrogen) atoms. The second kappa shape index (κ2) is 5.24. The molecule has 2 aromatic rings. The second-order valence-corrected chi connectivity index (χ2v) is 6.05. The summed E-state index contributed by atoms with van der Waals surface area (Å²) in [5.41, 5.74) is 6.02. The van der Waals surface area contributed by atoms with Crippen molar-refractivity contribution in [2.75, 3.05) is 0 Å². The highest BCUT2D eigenvalue weighted by atomic mass is 16.1. The van der Waals surface area contributed by atoms with Crippen LogP contribution >= 0.6 is 0 Å². The van der Waals surface area contributed by atoms with Crippen LogP contribution in [0.3, 0.4) is 0 Å². The Morgan fingerprint density at radius 1 is 1.00 bits per heavy atom. The molecule has 0 saturated heterocycles. The highest BCUT2D eigenvalue weighted by molar-refractivity contribution is 6.02.